The highest BCUT2D eigenvalue weighted by atomic mass is 14.7. The fraction of sp³-hybridized carbons (Fsp3) is 0.214. The van der Waals surface area contributed by atoms with Crippen molar-refractivity contribution in [3.63, 3.8) is 0 Å². The first kappa shape index (κ1) is 8.66. The van der Waals surface area contributed by atoms with Gasteiger partial charge in [0.15, 0.2) is 0 Å². The van der Waals surface area contributed by atoms with Gasteiger partial charge in [-0.1, -0.05) is 18.2 Å². The first-order chi connectivity index (χ1) is 7.25. The van der Waals surface area contributed by atoms with Crippen LogP contribution in [0.2, 0.25) is 0 Å². The molecule has 1 aliphatic carbocycles. The molecule has 0 saturated carbocycles. The second kappa shape index (κ2) is 2.93. The average molecular weight is 195 g/mol. The van der Waals surface area contributed by atoms with Gasteiger partial charge in [0.25, 0.3) is 0 Å². The lowest BCUT2D eigenvalue weighted by molar-refractivity contribution is 1.14. The summed E-state index contributed by atoms with van der Waals surface area (Å²) in [6, 6.07) is 8.73. The molecule has 0 bridgehead atoms. The molecule has 3 rings (SSSR count). The molecule has 0 unspecified atom stereocenters. The quantitative estimate of drug-likeness (QED) is 0.536. The van der Waals surface area contributed by atoms with Crippen LogP contribution in [0.3, 0.4) is 0 Å². The molecule has 1 aliphatic rings. The summed E-state index contributed by atoms with van der Waals surface area (Å²) in [4.78, 5) is 4.36. The van der Waals surface area contributed by atoms with E-state index in [2.05, 4.69) is 36.2 Å². The molecular formula is C14H13N. The monoisotopic (exact) mass is 195 g/mol. The lowest BCUT2D eigenvalue weighted by Gasteiger charge is -2.03. The third-order valence-electron chi connectivity index (χ3n) is 3.19. The Morgan fingerprint density at radius 2 is 2.00 bits per heavy atom. The van der Waals surface area contributed by atoms with Crippen LogP contribution in [0.5, 0.6) is 0 Å². The lowest BCUT2D eigenvalue weighted by Crippen LogP contribution is -1.86. The predicted octanol–water partition coefficient (Wildman–Crippen LogP) is 3.27. The van der Waals surface area contributed by atoms with Gasteiger partial charge in [0, 0.05) is 18.3 Å². The molecule has 1 aromatic carbocycles. The molecule has 15 heavy (non-hydrogen) atoms. The van der Waals surface area contributed by atoms with Crippen molar-refractivity contribution in [1.82, 2.24) is 4.98 Å². The second-order valence-electron chi connectivity index (χ2n) is 4.26. The van der Waals surface area contributed by atoms with Crippen LogP contribution in [0.4, 0.5) is 0 Å². The van der Waals surface area contributed by atoms with Gasteiger partial charge in [-0.2, -0.15) is 0 Å². The van der Waals surface area contributed by atoms with E-state index in [0.29, 0.717) is 0 Å². The summed E-state index contributed by atoms with van der Waals surface area (Å²) >= 11 is 0. The molecule has 1 nitrogen and oxygen atoms in total. The summed E-state index contributed by atoms with van der Waals surface area (Å²) in [5.41, 5.74) is 8.10. The highest BCUT2D eigenvalue weighted by molar-refractivity contribution is 5.77. The van der Waals surface area contributed by atoms with Gasteiger partial charge in [0.1, 0.15) is 0 Å². The van der Waals surface area contributed by atoms with Crippen molar-refractivity contribution in [1.29, 1.82) is 0 Å². The Morgan fingerprint density at radius 3 is 2.87 bits per heavy atom. The summed E-state index contributed by atoms with van der Waals surface area (Å²) in [5, 5.41) is 0. The van der Waals surface area contributed by atoms with Crippen LogP contribution in [0, 0.1) is 13.8 Å². The first-order valence-corrected chi connectivity index (χ1v) is 5.30. The number of nitrogens with zero attached hydrogens (tertiary/aromatic N) is 1. The third-order valence-corrected chi connectivity index (χ3v) is 3.19. The summed E-state index contributed by atoms with van der Waals surface area (Å²) in [6.45, 7) is 4.24. The van der Waals surface area contributed by atoms with Gasteiger partial charge < -0.3 is 0 Å². The van der Waals surface area contributed by atoms with Gasteiger partial charge in [-0.05, 0) is 47.7 Å². The van der Waals surface area contributed by atoms with Crippen LogP contribution >= 0.6 is 0 Å². The van der Waals surface area contributed by atoms with E-state index < -0.39 is 0 Å². The molecule has 0 fully saturated rings. The van der Waals surface area contributed by atoms with Crippen molar-refractivity contribution in [2.45, 2.75) is 20.3 Å². The Hall–Kier alpha value is -1.63. The molecule has 0 amide bonds. The lowest BCUT2D eigenvalue weighted by atomic mass is 10.0. The number of hydrogen-bond donors (Lipinski definition) is 0. The van der Waals surface area contributed by atoms with Crippen molar-refractivity contribution >= 4 is 0 Å². The number of fused-ring (bicyclic) bond motifs is 3. The second-order valence-corrected chi connectivity index (χ2v) is 4.26. The molecule has 0 atom stereocenters. The van der Waals surface area contributed by atoms with Gasteiger partial charge in [-0.15, -0.1) is 0 Å². The molecule has 2 aromatic rings. The summed E-state index contributed by atoms with van der Waals surface area (Å²) < 4.78 is 0. The predicted molar refractivity (Wildman–Crippen MR) is 62.0 cm³/mol. The number of rotatable bonds is 0. The van der Waals surface area contributed by atoms with Crippen LogP contribution in [-0.2, 0) is 6.42 Å². The smallest absolute Gasteiger partial charge is 0.0379 e. The highest BCUT2D eigenvalue weighted by Gasteiger charge is 2.19. The largest absolute Gasteiger partial charge is 0.261 e. The Morgan fingerprint density at radius 1 is 1.13 bits per heavy atom. The fourth-order valence-electron chi connectivity index (χ4n) is 2.36. The minimum atomic E-state index is 1.05. The summed E-state index contributed by atoms with van der Waals surface area (Å²) in [7, 11) is 0. The zero-order valence-electron chi connectivity index (χ0n) is 9.04. The van der Waals surface area contributed by atoms with Crippen LogP contribution in [0.25, 0.3) is 11.1 Å². The van der Waals surface area contributed by atoms with Gasteiger partial charge in [-0.25, -0.2) is 0 Å². The molecule has 0 radical (unpaired) electrons. The molecule has 1 heteroatoms. The summed E-state index contributed by atoms with van der Waals surface area (Å²) in [5.74, 6) is 0. The molecule has 0 saturated heterocycles. The van der Waals surface area contributed by atoms with Gasteiger partial charge in [-0.3, -0.25) is 4.98 Å². The zero-order chi connectivity index (χ0) is 10.4. The van der Waals surface area contributed by atoms with E-state index in [1.165, 1.54) is 27.8 Å². The number of benzene rings is 1. The maximum Gasteiger partial charge on any atom is 0.0379 e. The number of hydrogen-bond acceptors (Lipinski definition) is 1. The Kier molecular flexibility index (Phi) is 1.69. The van der Waals surface area contributed by atoms with Crippen molar-refractivity contribution in [3.8, 4) is 11.1 Å². The molecule has 0 spiro atoms. The third kappa shape index (κ3) is 1.19. The Balaban J connectivity index is 2.31. The van der Waals surface area contributed by atoms with Gasteiger partial charge in [0.05, 0.1) is 0 Å². The molecule has 0 aliphatic heterocycles. The van der Waals surface area contributed by atoms with Crippen LogP contribution in [0.15, 0.2) is 30.5 Å². The van der Waals surface area contributed by atoms with E-state index in [9.17, 15) is 0 Å². The first-order valence-electron chi connectivity index (χ1n) is 5.30. The van der Waals surface area contributed by atoms with Crippen LogP contribution in [-0.4, -0.2) is 4.98 Å². The van der Waals surface area contributed by atoms with Gasteiger partial charge >= 0.3 is 0 Å². The number of aryl methyl sites for hydroxylation is 2. The van der Waals surface area contributed by atoms with Crippen molar-refractivity contribution in [2.24, 2.45) is 0 Å². The highest BCUT2D eigenvalue weighted by Crippen LogP contribution is 2.37. The van der Waals surface area contributed by atoms with Gasteiger partial charge in [0.2, 0.25) is 0 Å². The SMILES string of the molecule is Cc1cc2c(cn1)Cc1c(C)cccc1-2. The zero-order valence-corrected chi connectivity index (χ0v) is 9.04. The van der Waals surface area contributed by atoms with Crippen molar-refractivity contribution in [2.75, 3.05) is 0 Å². The molecule has 1 heterocycles. The van der Waals surface area contributed by atoms with E-state index in [1.54, 1.807) is 0 Å². The number of aromatic nitrogens is 1. The maximum absolute atomic E-state index is 4.36. The van der Waals surface area contributed by atoms with E-state index >= 15 is 0 Å². The fourth-order valence-corrected chi connectivity index (χ4v) is 2.36. The van der Waals surface area contributed by atoms with Crippen molar-refractivity contribution < 1.29 is 0 Å². The van der Waals surface area contributed by atoms with Crippen LogP contribution < -0.4 is 0 Å². The molecular weight excluding hydrogens is 182 g/mol. The average Bonchev–Trinajstić information content (AvgIpc) is 2.58. The molecule has 0 N–H and O–H groups in total. The van der Waals surface area contributed by atoms with E-state index in [-0.39, 0.29) is 0 Å². The number of pyridine rings is 1. The van der Waals surface area contributed by atoms with E-state index in [1.807, 2.05) is 13.1 Å². The minimum absolute atomic E-state index is 1.05. The normalized spacial score (nSPS) is 12.4. The minimum Gasteiger partial charge on any atom is -0.261 e. The molecule has 74 valence electrons. The molecule has 1 aromatic heterocycles. The Bertz CT molecular complexity index is 541. The standard InChI is InChI=1S/C14H13N/c1-9-4-3-5-12-13(9)7-11-8-15-10(2)6-14(11)12/h3-6,8H,7H2,1-2H3. The van der Waals surface area contributed by atoms with Crippen molar-refractivity contribution in [3.05, 3.63) is 52.8 Å². The van der Waals surface area contributed by atoms with E-state index in [0.717, 1.165) is 12.1 Å². The Labute approximate surface area is 89.8 Å². The van der Waals surface area contributed by atoms with Crippen LogP contribution in [0.1, 0.15) is 22.4 Å². The summed E-state index contributed by atoms with van der Waals surface area (Å²) in [6.07, 6.45) is 3.06. The van der Waals surface area contributed by atoms with E-state index in [4.69, 9.17) is 0 Å². The topological polar surface area (TPSA) is 12.9 Å². The maximum atomic E-state index is 4.36.